The summed E-state index contributed by atoms with van der Waals surface area (Å²) in [5.74, 6) is 0.0868. The molecule has 1 aromatic carbocycles. The number of piperazine rings is 1. The van der Waals surface area contributed by atoms with Crippen molar-refractivity contribution in [2.24, 2.45) is 0 Å². The topological polar surface area (TPSA) is 59.8 Å². The van der Waals surface area contributed by atoms with Gasteiger partial charge in [0.25, 0.3) is 0 Å². The number of alkyl halides is 3. The Hall–Kier alpha value is -2.15. The Morgan fingerprint density at radius 3 is 2.41 bits per heavy atom. The van der Waals surface area contributed by atoms with Crippen molar-refractivity contribution in [3.05, 3.63) is 29.8 Å². The zero-order valence-corrected chi connectivity index (χ0v) is 16.2. The van der Waals surface area contributed by atoms with Crippen LogP contribution in [-0.4, -0.2) is 80.4 Å². The molecule has 0 radical (unpaired) electrons. The number of ether oxygens (including phenoxy) is 1. The first kappa shape index (κ1) is 21.6. The lowest BCUT2D eigenvalue weighted by Crippen LogP contribution is -2.52. The van der Waals surface area contributed by atoms with E-state index in [0.29, 0.717) is 25.1 Å². The lowest BCUT2D eigenvalue weighted by Gasteiger charge is -2.37. The minimum atomic E-state index is -4.27. The number of hydrogen-bond donors (Lipinski definition) is 0. The van der Waals surface area contributed by atoms with Crippen molar-refractivity contribution in [2.45, 2.75) is 25.1 Å². The Kier molecular flexibility index (Phi) is 7.11. The van der Waals surface area contributed by atoms with Crippen molar-refractivity contribution >= 4 is 11.6 Å². The van der Waals surface area contributed by atoms with Crippen molar-refractivity contribution in [3.63, 3.8) is 0 Å². The third kappa shape index (κ3) is 5.92. The van der Waals surface area contributed by atoms with Gasteiger partial charge >= 0.3 is 6.18 Å². The predicted molar refractivity (Wildman–Crippen MR) is 101 cm³/mol. The van der Waals surface area contributed by atoms with Crippen LogP contribution in [0.2, 0.25) is 0 Å². The fourth-order valence-corrected chi connectivity index (χ4v) is 3.85. The van der Waals surface area contributed by atoms with Gasteiger partial charge in [-0.05, 0) is 37.1 Å². The third-order valence-corrected chi connectivity index (χ3v) is 5.36. The van der Waals surface area contributed by atoms with Gasteiger partial charge in [-0.15, -0.1) is 0 Å². The monoisotopic (exact) mass is 410 g/mol. The number of anilines is 1. The maximum absolute atomic E-state index is 12.9. The standard InChI is InChI=1S/C20H25F3N4O2/c21-20(22,23)15-29-13-1-7-25-9-11-26(12-10-25)18-6-8-27(19(18)28)17-4-2-16(14-24)3-5-17/h2-5,18H,1,6-13,15H2. The van der Waals surface area contributed by atoms with Gasteiger partial charge in [-0.1, -0.05) is 0 Å². The number of nitriles is 1. The molecule has 0 spiro atoms. The minimum Gasteiger partial charge on any atom is -0.372 e. The van der Waals surface area contributed by atoms with Gasteiger partial charge in [0, 0.05) is 51.6 Å². The number of amides is 1. The molecule has 2 heterocycles. The van der Waals surface area contributed by atoms with E-state index in [2.05, 4.69) is 20.6 Å². The molecule has 2 aliphatic rings. The summed E-state index contributed by atoms with van der Waals surface area (Å²) in [7, 11) is 0. The number of carbonyl (C=O) groups is 1. The number of benzene rings is 1. The van der Waals surface area contributed by atoms with Gasteiger partial charge in [-0.25, -0.2) is 0 Å². The largest absolute Gasteiger partial charge is 0.411 e. The zero-order chi connectivity index (χ0) is 20.9. The van der Waals surface area contributed by atoms with E-state index in [-0.39, 0.29) is 18.6 Å². The molecule has 0 N–H and O–H groups in total. The van der Waals surface area contributed by atoms with E-state index in [1.807, 2.05) is 0 Å². The average Bonchev–Trinajstić information content (AvgIpc) is 3.09. The second kappa shape index (κ2) is 9.57. The number of halogens is 3. The quantitative estimate of drug-likeness (QED) is 0.646. The van der Waals surface area contributed by atoms with E-state index in [0.717, 1.165) is 38.3 Å². The predicted octanol–water partition coefficient (Wildman–Crippen LogP) is 2.25. The molecule has 158 valence electrons. The molecule has 1 aromatic rings. The molecule has 0 aliphatic carbocycles. The van der Waals surface area contributed by atoms with Crippen LogP contribution in [0, 0.1) is 11.3 Å². The number of hydrogen-bond acceptors (Lipinski definition) is 5. The van der Waals surface area contributed by atoms with Crippen LogP contribution in [0.1, 0.15) is 18.4 Å². The summed E-state index contributed by atoms with van der Waals surface area (Å²) in [5, 5.41) is 8.90. The van der Waals surface area contributed by atoms with Gasteiger partial charge in [-0.2, -0.15) is 18.4 Å². The summed E-state index contributed by atoms with van der Waals surface area (Å²) < 4.78 is 40.8. The van der Waals surface area contributed by atoms with Gasteiger partial charge in [-0.3, -0.25) is 9.69 Å². The van der Waals surface area contributed by atoms with E-state index < -0.39 is 12.8 Å². The highest BCUT2D eigenvalue weighted by Gasteiger charge is 2.37. The van der Waals surface area contributed by atoms with Crippen LogP contribution in [0.5, 0.6) is 0 Å². The summed E-state index contributed by atoms with van der Waals surface area (Å²) in [5.41, 5.74) is 1.38. The van der Waals surface area contributed by atoms with Crippen LogP contribution < -0.4 is 4.90 Å². The third-order valence-electron chi connectivity index (χ3n) is 5.36. The Labute approximate surface area is 168 Å². The smallest absolute Gasteiger partial charge is 0.372 e. The lowest BCUT2D eigenvalue weighted by atomic mass is 10.1. The normalized spacial score (nSPS) is 21.5. The van der Waals surface area contributed by atoms with E-state index in [1.54, 1.807) is 29.2 Å². The Bertz CT molecular complexity index is 725. The molecule has 1 unspecified atom stereocenters. The van der Waals surface area contributed by atoms with E-state index in [1.165, 1.54) is 0 Å². The van der Waals surface area contributed by atoms with Crippen LogP contribution in [0.15, 0.2) is 24.3 Å². The highest BCUT2D eigenvalue weighted by Crippen LogP contribution is 2.25. The molecule has 0 bridgehead atoms. The van der Waals surface area contributed by atoms with E-state index >= 15 is 0 Å². The Morgan fingerprint density at radius 2 is 1.79 bits per heavy atom. The van der Waals surface area contributed by atoms with Crippen LogP contribution in [0.4, 0.5) is 18.9 Å². The van der Waals surface area contributed by atoms with E-state index in [9.17, 15) is 18.0 Å². The molecule has 2 fully saturated rings. The highest BCUT2D eigenvalue weighted by atomic mass is 19.4. The van der Waals surface area contributed by atoms with Gasteiger partial charge in [0.1, 0.15) is 6.61 Å². The molecule has 29 heavy (non-hydrogen) atoms. The van der Waals surface area contributed by atoms with Gasteiger partial charge in [0.05, 0.1) is 17.7 Å². The fourth-order valence-electron chi connectivity index (χ4n) is 3.85. The van der Waals surface area contributed by atoms with Crippen molar-refractivity contribution in [2.75, 3.05) is 57.4 Å². The summed E-state index contributed by atoms with van der Waals surface area (Å²) >= 11 is 0. The highest BCUT2D eigenvalue weighted by molar-refractivity contribution is 5.99. The summed E-state index contributed by atoms with van der Waals surface area (Å²) in [6.45, 7) is 3.37. The molecular weight excluding hydrogens is 385 g/mol. The molecule has 0 saturated carbocycles. The first-order chi connectivity index (χ1) is 13.9. The summed E-state index contributed by atoms with van der Waals surface area (Å²) in [6.07, 6.45) is -2.94. The maximum atomic E-state index is 12.9. The average molecular weight is 410 g/mol. The lowest BCUT2D eigenvalue weighted by molar-refractivity contribution is -0.174. The second-order valence-electron chi connectivity index (χ2n) is 7.35. The first-order valence-corrected chi connectivity index (χ1v) is 9.80. The van der Waals surface area contributed by atoms with E-state index in [4.69, 9.17) is 5.26 Å². The van der Waals surface area contributed by atoms with Crippen LogP contribution in [0.3, 0.4) is 0 Å². The summed E-state index contributed by atoms with van der Waals surface area (Å²) in [4.78, 5) is 19.0. The van der Waals surface area contributed by atoms with Crippen molar-refractivity contribution in [3.8, 4) is 6.07 Å². The molecule has 1 amide bonds. The minimum absolute atomic E-state index is 0.0868. The van der Waals surface area contributed by atoms with Gasteiger partial charge in [0.2, 0.25) is 5.91 Å². The first-order valence-electron chi connectivity index (χ1n) is 9.80. The van der Waals surface area contributed by atoms with Gasteiger partial charge < -0.3 is 14.5 Å². The molecular formula is C20H25F3N4O2. The molecule has 0 aromatic heterocycles. The Morgan fingerprint density at radius 1 is 1.10 bits per heavy atom. The number of rotatable bonds is 7. The van der Waals surface area contributed by atoms with Crippen LogP contribution in [0.25, 0.3) is 0 Å². The van der Waals surface area contributed by atoms with Crippen molar-refractivity contribution in [1.29, 1.82) is 5.26 Å². The molecule has 2 aliphatic heterocycles. The molecule has 1 atom stereocenters. The molecule has 9 heteroatoms. The fraction of sp³-hybridized carbons (Fsp3) is 0.600. The number of carbonyl (C=O) groups excluding carboxylic acids is 1. The SMILES string of the molecule is N#Cc1ccc(N2CCC(N3CCN(CCCOCC(F)(F)F)CC3)C2=O)cc1. The maximum Gasteiger partial charge on any atom is 0.411 e. The van der Waals surface area contributed by atoms with Crippen molar-refractivity contribution < 1.29 is 22.7 Å². The zero-order valence-electron chi connectivity index (χ0n) is 16.2. The molecule has 6 nitrogen and oxygen atoms in total. The summed E-state index contributed by atoms with van der Waals surface area (Å²) in [6, 6.07) is 8.98. The molecule has 2 saturated heterocycles. The van der Waals surface area contributed by atoms with Crippen LogP contribution >= 0.6 is 0 Å². The second-order valence-corrected chi connectivity index (χ2v) is 7.35. The molecule has 3 rings (SSSR count). The van der Waals surface area contributed by atoms with Crippen molar-refractivity contribution in [1.82, 2.24) is 9.80 Å². The Balaban J connectivity index is 1.40. The van der Waals surface area contributed by atoms with Gasteiger partial charge in [0.15, 0.2) is 0 Å². The number of nitrogens with zero attached hydrogens (tertiary/aromatic N) is 4. The van der Waals surface area contributed by atoms with Crippen LogP contribution in [-0.2, 0) is 9.53 Å².